The topological polar surface area (TPSA) is 100 Å². The van der Waals surface area contributed by atoms with E-state index in [-0.39, 0.29) is 11.1 Å². The van der Waals surface area contributed by atoms with E-state index >= 15 is 0 Å². The Balaban J connectivity index is 1.26. The van der Waals surface area contributed by atoms with Gasteiger partial charge in [0.1, 0.15) is 23.3 Å². The van der Waals surface area contributed by atoms with E-state index in [0.717, 1.165) is 125 Å². The van der Waals surface area contributed by atoms with Crippen molar-refractivity contribution in [3.05, 3.63) is 114 Å². The maximum absolute atomic E-state index is 13.6. The van der Waals surface area contributed by atoms with Gasteiger partial charge in [0.25, 0.3) is 0 Å². The zero-order valence-corrected chi connectivity index (χ0v) is 76.5. The third-order valence-electron chi connectivity index (χ3n) is 22.4. The lowest BCUT2D eigenvalue weighted by molar-refractivity contribution is -0.139. The van der Waals surface area contributed by atoms with Gasteiger partial charge in [0.05, 0.1) is 13.2 Å². The molecule has 0 amide bonds. The standard InChI is InChI=1S/C98H132N2O4S8/c1-11-21-29-35-37-43-55-103-97(101)75(67-99)61-79-59-71(47-39-31-23-13-3)91(107-79)85-63-73(49-41-33-25-15-5)93(109-85)87-65-81-89(83-53-51-77(105-83)57-69(19-9)45-27-17-7)96-82(90(95(81)111-87)84-54-52-78(106-84)58-70(20-10)46-28-18-8)66-88(112-96)94-74(50-42-34-26-16-6)64-86(110-94)92-72(48-40-32-24-14-4)60-80(108-92)62-76(68-100)98(102)104-56-44-38-36-30-22-12-2/h51-54,59-66,69-70H,11-50,55-58H2,1-10H3/b75-61+,76-62+. The smallest absolute Gasteiger partial charge is 0.348 e. The molecular formula is C98H132N2O4S8. The zero-order valence-electron chi connectivity index (χ0n) is 70.0. The van der Waals surface area contributed by atoms with Crippen molar-refractivity contribution < 1.29 is 19.1 Å². The molecule has 9 aromatic rings. The van der Waals surface area contributed by atoms with Crippen LogP contribution < -0.4 is 0 Å². The molecule has 8 heterocycles. The summed E-state index contributed by atoms with van der Waals surface area (Å²) in [5.41, 5.74) is 8.34. The summed E-state index contributed by atoms with van der Waals surface area (Å²) in [4.78, 5) is 45.3. The molecule has 0 saturated carbocycles. The minimum Gasteiger partial charge on any atom is -0.462 e. The summed E-state index contributed by atoms with van der Waals surface area (Å²) >= 11 is 15.5. The second-order valence-corrected chi connectivity index (χ2v) is 40.3. The Bertz CT molecular complexity index is 4140. The maximum Gasteiger partial charge on any atom is 0.348 e. The summed E-state index contributed by atoms with van der Waals surface area (Å²) in [6, 6.07) is 29.3. The molecule has 6 nitrogen and oxygen atoms in total. The normalized spacial score (nSPS) is 12.6. The van der Waals surface area contributed by atoms with E-state index < -0.39 is 11.9 Å². The Kier molecular flexibility index (Phi) is 40.2. The number of hydrogen-bond donors (Lipinski definition) is 0. The van der Waals surface area contributed by atoms with E-state index in [0.29, 0.717) is 25.0 Å². The molecule has 1 aromatic carbocycles. The number of nitriles is 2. The molecule has 0 spiro atoms. The fourth-order valence-electron chi connectivity index (χ4n) is 15.7. The number of thiophene rings is 8. The van der Waals surface area contributed by atoms with Crippen LogP contribution in [0.2, 0.25) is 0 Å². The third kappa shape index (κ3) is 26.4. The highest BCUT2D eigenvalue weighted by Crippen LogP contribution is 2.57. The third-order valence-corrected chi connectivity index (χ3v) is 32.3. The molecular weight excluding hydrogens is 1530 g/mol. The lowest BCUT2D eigenvalue weighted by atomic mass is 9.95. The molecule has 0 aliphatic rings. The predicted molar refractivity (Wildman–Crippen MR) is 498 cm³/mol. The second-order valence-electron chi connectivity index (χ2n) is 31.6. The van der Waals surface area contributed by atoms with Crippen LogP contribution in [0.15, 0.2) is 71.8 Å². The summed E-state index contributed by atoms with van der Waals surface area (Å²) in [5.74, 6) is 0.257. The number of hydrogen-bond acceptors (Lipinski definition) is 14. The molecule has 0 aliphatic carbocycles. The quantitative estimate of drug-likeness (QED) is 0.0163. The average molecular weight is 1660 g/mol. The van der Waals surface area contributed by atoms with Gasteiger partial charge in [-0.25, -0.2) is 9.59 Å². The van der Waals surface area contributed by atoms with Crippen molar-refractivity contribution in [2.45, 2.75) is 339 Å². The first-order valence-corrected chi connectivity index (χ1v) is 50.7. The number of carbonyl (C=O) groups excluding carboxylic acids is 2. The molecule has 2 unspecified atom stereocenters. The van der Waals surface area contributed by atoms with Crippen LogP contribution in [0.5, 0.6) is 0 Å². The van der Waals surface area contributed by atoms with Gasteiger partial charge in [-0.3, -0.25) is 0 Å². The van der Waals surface area contributed by atoms with Gasteiger partial charge in [-0.1, -0.05) is 262 Å². The maximum atomic E-state index is 13.6. The highest BCUT2D eigenvalue weighted by atomic mass is 32.1. The summed E-state index contributed by atoms with van der Waals surface area (Å²) < 4.78 is 14.3. The molecule has 2 atom stereocenters. The van der Waals surface area contributed by atoms with Crippen LogP contribution in [0.1, 0.15) is 342 Å². The highest BCUT2D eigenvalue weighted by molar-refractivity contribution is 7.31. The molecule has 0 aliphatic heterocycles. The van der Waals surface area contributed by atoms with Crippen LogP contribution >= 0.6 is 90.7 Å². The summed E-state index contributed by atoms with van der Waals surface area (Å²) in [6.07, 6.45) is 51.4. The molecule has 14 heteroatoms. The summed E-state index contributed by atoms with van der Waals surface area (Å²) in [6.45, 7) is 23.7. The first kappa shape index (κ1) is 90.7. The molecule has 0 saturated heterocycles. The van der Waals surface area contributed by atoms with E-state index in [4.69, 9.17) is 9.47 Å². The van der Waals surface area contributed by atoms with Crippen molar-refractivity contribution in [1.82, 2.24) is 0 Å². The number of nitrogens with zero attached hydrogens (tertiary/aromatic N) is 2. The van der Waals surface area contributed by atoms with Gasteiger partial charge in [0, 0.05) is 99.6 Å². The lowest BCUT2D eigenvalue weighted by Gasteiger charge is -2.13. The second kappa shape index (κ2) is 49.7. The van der Waals surface area contributed by atoms with Crippen LogP contribution in [0.25, 0.3) is 92.2 Å². The Hall–Kier alpha value is -5.26. The molecule has 0 radical (unpaired) electrons. The van der Waals surface area contributed by atoms with Crippen LogP contribution in [0.3, 0.4) is 0 Å². The largest absolute Gasteiger partial charge is 0.462 e. The van der Waals surface area contributed by atoms with Crippen LogP contribution in [-0.4, -0.2) is 25.2 Å². The van der Waals surface area contributed by atoms with Crippen molar-refractivity contribution in [1.29, 1.82) is 10.5 Å². The highest BCUT2D eigenvalue weighted by Gasteiger charge is 2.29. The number of ether oxygens (including phenoxy) is 2. The Morgan fingerprint density at radius 2 is 0.661 bits per heavy atom. The number of benzene rings is 1. The van der Waals surface area contributed by atoms with Gasteiger partial charge in [0.15, 0.2) is 0 Å². The number of unbranched alkanes of at least 4 members (excludes halogenated alkanes) is 24. The lowest BCUT2D eigenvalue weighted by Crippen LogP contribution is -2.07. The van der Waals surface area contributed by atoms with E-state index in [1.807, 2.05) is 68.0 Å². The number of fused-ring (bicyclic) bond motifs is 2. The number of esters is 2. The van der Waals surface area contributed by atoms with Gasteiger partial charge >= 0.3 is 11.9 Å². The molecule has 112 heavy (non-hydrogen) atoms. The number of aryl methyl sites for hydroxylation is 4. The summed E-state index contributed by atoms with van der Waals surface area (Å²) in [7, 11) is 0. The molecule has 0 bridgehead atoms. The fourth-order valence-corrected chi connectivity index (χ4v) is 25.9. The van der Waals surface area contributed by atoms with E-state index in [9.17, 15) is 20.1 Å². The molecule has 606 valence electrons. The number of carbonyl (C=O) groups is 2. The molecule has 0 fully saturated rings. The van der Waals surface area contributed by atoms with Crippen molar-refractivity contribution in [3.63, 3.8) is 0 Å². The summed E-state index contributed by atoms with van der Waals surface area (Å²) in [5, 5.41) is 23.8. The predicted octanol–water partition coefficient (Wildman–Crippen LogP) is 34.1. The Morgan fingerprint density at radius 1 is 0.348 bits per heavy atom. The monoisotopic (exact) mass is 1660 g/mol. The molecule has 9 rings (SSSR count). The molecule has 0 N–H and O–H groups in total. The minimum atomic E-state index is -0.523. The van der Waals surface area contributed by atoms with E-state index in [1.165, 1.54) is 266 Å². The van der Waals surface area contributed by atoms with Crippen molar-refractivity contribution in [2.24, 2.45) is 11.8 Å². The number of rotatable bonds is 56. The van der Waals surface area contributed by atoms with Crippen LogP contribution in [0, 0.1) is 34.5 Å². The van der Waals surface area contributed by atoms with E-state index in [2.05, 4.69) is 142 Å². The van der Waals surface area contributed by atoms with Crippen molar-refractivity contribution in [3.8, 4) is 72.0 Å². The van der Waals surface area contributed by atoms with Crippen LogP contribution in [-0.2, 0) is 57.6 Å². The first-order valence-electron chi connectivity index (χ1n) is 44.2. The van der Waals surface area contributed by atoms with Gasteiger partial charge in [0.2, 0.25) is 0 Å². The fraction of sp³-hybridized carbons (Fsp3) is 0.571. The van der Waals surface area contributed by atoms with Gasteiger partial charge in [-0.15, -0.1) is 90.7 Å². The molecule has 8 aromatic heterocycles. The van der Waals surface area contributed by atoms with E-state index in [1.54, 1.807) is 34.8 Å². The Morgan fingerprint density at radius 3 is 1.00 bits per heavy atom. The zero-order chi connectivity index (χ0) is 79.4. The first-order chi connectivity index (χ1) is 54.9. The van der Waals surface area contributed by atoms with Crippen molar-refractivity contribution in [2.75, 3.05) is 13.2 Å². The average Bonchev–Trinajstić information content (AvgIpc) is 1.56. The van der Waals surface area contributed by atoms with Gasteiger partial charge in [-0.2, -0.15) is 10.5 Å². The minimum absolute atomic E-state index is 0.0704. The van der Waals surface area contributed by atoms with Gasteiger partial charge < -0.3 is 9.47 Å². The Labute approximate surface area is 708 Å². The van der Waals surface area contributed by atoms with Gasteiger partial charge in [-0.05, 0) is 184 Å². The van der Waals surface area contributed by atoms with Crippen molar-refractivity contribution >= 4 is 135 Å². The van der Waals surface area contributed by atoms with Crippen LogP contribution in [0.4, 0.5) is 0 Å². The SMILES string of the molecule is CCCCCCCCOC(=O)/C(C#N)=C/c1cc(CCCCCC)c(-c2cc(CCCCCC)c(-c3cc4c(-c5ccc(CC(CC)CCCC)s5)c5sc(-c6sc(-c7sc(/C=C(\C#N)C(=O)OCCCCCCCC)cc7CCCCCC)cc6CCCCCC)cc5c(-c5ccc(CC(CC)CCCC)s5)c4s3)s2)s1.